The first-order chi connectivity index (χ1) is 14.9. The number of nitro groups is 1. The number of rotatable bonds is 9. The normalized spacial score (nSPS) is 14.4. The molecule has 1 heterocycles. The lowest BCUT2D eigenvalue weighted by Crippen LogP contribution is -2.05. The van der Waals surface area contributed by atoms with Crippen molar-refractivity contribution in [2.75, 3.05) is 13.2 Å². The van der Waals surface area contributed by atoms with Crippen molar-refractivity contribution in [3.05, 3.63) is 68.4 Å². The molecule has 0 fully saturated rings. The van der Waals surface area contributed by atoms with Gasteiger partial charge in [0.15, 0.2) is 17.2 Å². The molecule has 0 atom stereocenters. The second-order valence-corrected chi connectivity index (χ2v) is 7.01. The highest BCUT2D eigenvalue weighted by molar-refractivity contribution is 6.32. The molecule has 0 bridgehead atoms. The average molecular weight is 445 g/mol. The van der Waals surface area contributed by atoms with Gasteiger partial charge in [-0.25, -0.2) is 9.79 Å². The molecule has 1 aliphatic rings. The van der Waals surface area contributed by atoms with Crippen molar-refractivity contribution in [1.82, 2.24) is 0 Å². The SMILES string of the molecule is CCCCOc1c(Cl)cc(/C=C2\N=C(c3ccc([N+](=O)[O-])cc3)OC2=O)cc1OCC. The van der Waals surface area contributed by atoms with Gasteiger partial charge in [-0.05, 0) is 49.2 Å². The maximum atomic E-state index is 12.3. The fourth-order valence-corrected chi connectivity index (χ4v) is 3.08. The molecule has 3 rings (SSSR count). The van der Waals surface area contributed by atoms with Gasteiger partial charge in [0.1, 0.15) is 0 Å². The quantitative estimate of drug-likeness (QED) is 0.174. The van der Waals surface area contributed by atoms with Crippen LogP contribution in [0.25, 0.3) is 6.08 Å². The molecule has 0 N–H and O–H groups in total. The first-order valence-electron chi connectivity index (χ1n) is 9.79. The molecule has 0 saturated heterocycles. The topological polar surface area (TPSA) is 100 Å². The number of halogens is 1. The molecule has 162 valence electrons. The molecule has 0 spiro atoms. The molecule has 8 nitrogen and oxygen atoms in total. The van der Waals surface area contributed by atoms with Gasteiger partial charge in [0.25, 0.3) is 5.69 Å². The van der Waals surface area contributed by atoms with Crippen molar-refractivity contribution in [3.63, 3.8) is 0 Å². The fourth-order valence-electron chi connectivity index (χ4n) is 2.81. The van der Waals surface area contributed by atoms with Gasteiger partial charge in [0.2, 0.25) is 5.90 Å². The van der Waals surface area contributed by atoms with E-state index in [0.717, 1.165) is 12.8 Å². The molecule has 31 heavy (non-hydrogen) atoms. The van der Waals surface area contributed by atoms with Crippen LogP contribution in [0.3, 0.4) is 0 Å². The molecule has 1 aliphatic heterocycles. The van der Waals surface area contributed by atoms with Gasteiger partial charge in [-0.15, -0.1) is 0 Å². The maximum absolute atomic E-state index is 12.3. The van der Waals surface area contributed by atoms with E-state index >= 15 is 0 Å². The van der Waals surface area contributed by atoms with Gasteiger partial charge < -0.3 is 14.2 Å². The molecule has 0 radical (unpaired) electrons. The summed E-state index contributed by atoms with van der Waals surface area (Å²) < 4.78 is 16.6. The monoisotopic (exact) mass is 444 g/mol. The number of esters is 1. The number of aliphatic imine (C=N–C) groups is 1. The third-order valence-corrected chi connectivity index (χ3v) is 4.61. The lowest BCUT2D eigenvalue weighted by atomic mass is 10.1. The molecule has 0 aromatic heterocycles. The molecular formula is C22H21ClN2O6. The molecule has 0 amide bonds. The Balaban J connectivity index is 1.89. The van der Waals surface area contributed by atoms with Crippen LogP contribution in [-0.4, -0.2) is 30.0 Å². The molecule has 0 aliphatic carbocycles. The van der Waals surface area contributed by atoms with E-state index in [2.05, 4.69) is 11.9 Å². The van der Waals surface area contributed by atoms with Gasteiger partial charge >= 0.3 is 5.97 Å². The summed E-state index contributed by atoms with van der Waals surface area (Å²) in [6, 6.07) is 8.96. The standard InChI is InChI=1S/C22H21ClN2O6/c1-3-5-10-30-20-17(23)11-14(13-19(20)29-4-2)12-18-22(26)31-21(24-18)15-6-8-16(9-7-15)25(27)28/h6-9,11-13H,3-5,10H2,1-2H3/b18-12-. The van der Waals surface area contributed by atoms with E-state index in [9.17, 15) is 14.9 Å². The zero-order valence-electron chi connectivity index (χ0n) is 17.1. The van der Waals surface area contributed by atoms with E-state index in [1.54, 1.807) is 12.1 Å². The Morgan fingerprint density at radius 3 is 2.58 bits per heavy atom. The predicted octanol–water partition coefficient (Wildman–Crippen LogP) is 5.17. The number of cyclic esters (lactones) is 1. The van der Waals surface area contributed by atoms with E-state index in [-0.39, 0.29) is 17.3 Å². The highest BCUT2D eigenvalue weighted by Crippen LogP contribution is 2.37. The number of hydrogen-bond acceptors (Lipinski definition) is 7. The molecule has 2 aromatic rings. The summed E-state index contributed by atoms with van der Waals surface area (Å²) in [6.07, 6.45) is 3.41. The number of non-ortho nitro benzene ring substituents is 1. The average Bonchev–Trinajstić information content (AvgIpc) is 3.10. The van der Waals surface area contributed by atoms with Crippen LogP contribution in [0, 0.1) is 10.1 Å². The largest absolute Gasteiger partial charge is 0.490 e. The Bertz CT molecular complexity index is 1050. The summed E-state index contributed by atoms with van der Waals surface area (Å²) >= 11 is 6.39. The van der Waals surface area contributed by atoms with Gasteiger partial charge in [-0.2, -0.15) is 0 Å². The summed E-state index contributed by atoms with van der Waals surface area (Å²) in [7, 11) is 0. The Kier molecular flexibility index (Phi) is 7.25. The smallest absolute Gasteiger partial charge is 0.363 e. The predicted molar refractivity (Wildman–Crippen MR) is 117 cm³/mol. The van der Waals surface area contributed by atoms with E-state index in [0.29, 0.717) is 40.9 Å². The number of nitrogens with zero attached hydrogens (tertiary/aromatic N) is 2. The molecule has 0 saturated carbocycles. The minimum atomic E-state index is -0.634. The number of unbranched alkanes of at least 4 members (excludes halogenated alkanes) is 1. The second kappa shape index (κ2) is 10.1. The number of benzene rings is 2. The number of nitro benzene ring substituents is 1. The van der Waals surface area contributed by atoms with Crippen LogP contribution in [0.4, 0.5) is 5.69 Å². The minimum absolute atomic E-state index is 0.0659. The molecule has 2 aromatic carbocycles. The third-order valence-electron chi connectivity index (χ3n) is 4.32. The first-order valence-corrected chi connectivity index (χ1v) is 10.2. The number of carbonyl (C=O) groups is 1. The van der Waals surface area contributed by atoms with Gasteiger partial charge in [0, 0.05) is 17.7 Å². The third kappa shape index (κ3) is 5.40. The molecule has 9 heteroatoms. The van der Waals surface area contributed by atoms with Crippen LogP contribution in [-0.2, 0) is 9.53 Å². The van der Waals surface area contributed by atoms with Crippen LogP contribution in [0.1, 0.15) is 37.8 Å². The van der Waals surface area contributed by atoms with Crippen molar-refractivity contribution < 1.29 is 23.9 Å². The van der Waals surface area contributed by atoms with Crippen LogP contribution >= 0.6 is 11.6 Å². The Morgan fingerprint density at radius 1 is 1.19 bits per heavy atom. The van der Waals surface area contributed by atoms with Crippen LogP contribution in [0.2, 0.25) is 5.02 Å². The highest BCUT2D eigenvalue weighted by Gasteiger charge is 2.25. The number of carbonyl (C=O) groups excluding carboxylic acids is 1. The summed E-state index contributed by atoms with van der Waals surface area (Å²) in [6.45, 7) is 4.86. The highest BCUT2D eigenvalue weighted by atomic mass is 35.5. The summed E-state index contributed by atoms with van der Waals surface area (Å²) in [4.78, 5) is 26.8. The Hall–Kier alpha value is -3.39. The van der Waals surface area contributed by atoms with Gasteiger partial charge in [-0.3, -0.25) is 10.1 Å². The van der Waals surface area contributed by atoms with Crippen LogP contribution in [0.5, 0.6) is 11.5 Å². The second-order valence-electron chi connectivity index (χ2n) is 6.61. The summed E-state index contributed by atoms with van der Waals surface area (Å²) in [5.41, 5.74) is 1.06. The van der Waals surface area contributed by atoms with Gasteiger partial charge in [0.05, 0.1) is 23.2 Å². The zero-order valence-corrected chi connectivity index (χ0v) is 17.8. The van der Waals surface area contributed by atoms with E-state index < -0.39 is 10.9 Å². The Morgan fingerprint density at radius 2 is 1.94 bits per heavy atom. The molecular weight excluding hydrogens is 424 g/mol. The van der Waals surface area contributed by atoms with Crippen molar-refractivity contribution in [3.8, 4) is 11.5 Å². The number of ether oxygens (including phenoxy) is 3. The minimum Gasteiger partial charge on any atom is -0.490 e. The van der Waals surface area contributed by atoms with Crippen molar-refractivity contribution in [2.24, 2.45) is 4.99 Å². The van der Waals surface area contributed by atoms with Crippen molar-refractivity contribution >= 4 is 35.2 Å². The fraction of sp³-hybridized carbons (Fsp3) is 0.273. The van der Waals surface area contributed by atoms with Gasteiger partial charge in [-0.1, -0.05) is 24.9 Å². The summed E-state index contributed by atoms with van der Waals surface area (Å²) in [5.74, 6) is 0.375. The van der Waals surface area contributed by atoms with E-state index in [4.69, 9.17) is 25.8 Å². The van der Waals surface area contributed by atoms with Crippen LogP contribution < -0.4 is 9.47 Å². The molecule has 0 unspecified atom stereocenters. The summed E-state index contributed by atoms with van der Waals surface area (Å²) in [5, 5.41) is 11.2. The zero-order chi connectivity index (χ0) is 22.4. The van der Waals surface area contributed by atoms with E-state index in [1.807, 2.05) is 6.92 Å². The van der Waals surface area contributed by atoms with Crippen molar-refractivity contribution in [1.29, 1.82) is 0 Å². The van der Waals surface area contributed by atoms with Crippen LogP contribution in [0.15, 0.2) is 47.1 Å². The maximum Gasteiger partial charge on any atom is 0.363 e. The lowest BCUT2D eigenvalue weighted by molar-refractivity contribution is -0.384. The van der Waals surface area contributed by atoms with E-state index in [1.165, 1.54) is 30.3 Å². The lowest BCUT2D eigenvalue weighted by Gasteiger charge is -2.14. The van der Waals surface area contributed by atoms with Crippen molar-refractivity contribution in [2.45, 2.75) is 26.7 Å². The Labute approximate surface area is 184 Å². The number of hydrogen-bond donors (Lipinski definition) is 0. The first kappa shape index (κ1) is 22.3.